The normalized spacial score (nSPS) is 12.3. The van der Waals surface area contributed by atoms with Gasteiger partial charge in [0.1, 0.15) is 29.7 Å². The van der Waals surface area contributed by atoms with Gasteiger partial charge in [0, 0.05) is 25.7 Å². The van der Waals surface area contributed by atoms with Crippen LogP contribution in [0.15, 0.2) is 72.8 Å². The van der Waals surface area contributed by atoms with Crippen molar-refractivity contribution in [3.05, 3.63) is 95.6 Å². The lowest BCUT2D eigenvalue weighted by atomic mass is 10.2. The van der Waals surface area contributed by atoms with Crippen molar-refractivity contribution < 1.29 is 18.3 Å². The summed E-state index contributed by atoms with van der Waals surface area (Å²) >= 11 is 0. The predicted octanol–water partition coefficient (Wildman–Crippen LogP) is 4.66. The number of halogens is 2. The Morgan fingerprint density at radius 1 is 0.925 bits per heavy atom. The van der Waals surface area contributed by atoms with Gasteiger partial charge >= 0.3 is 0 Å². The van der Waals surface area contributed by atoms with Crippen LogP contribution in [0, 0.1) is 11.6 Å². The molecule has 2 aromatic heterocycles. The Bertz CT molecular complexity index is 1570. The summed E-state index contributed by atoms with van der Waals surface area (Å²) in [7, 11) is 3.62. The Labute approximate surface area is 230 Å². The quantitative estimate of drug-likeness (QED) is 0.318. The lowest BCUT2D eigenvalue weighted by Gasteiger charge is -2.28. The van der Waals surface area contributed by atoms with Gasteiger partial charge in [-0.1, -0.05) is 24.3 Å². The molecule has 0 saturated carbocycles. The summed E-state index contributed by atoms with van der Waals surface area (Å²) in [4.78, 5) is 2.09. The van der Waals surface area contributed by atoms with Gasteiger partial charge in [0.05, 0.1) is 13.7 Å². The SMILES string of the molecule is COc1ccc(-c2nnc3c4c(c(NCc5ccc(F)cc5)nn23)OCCN4C)cc1.NCc1ccc(F)cc1. The van der Waals surface area contributed by atoms with Gasteiger partial charge in [-0.05, 0) is 59.7 Å². The van der Waals surface area contributed by atoms with Gasteiger partial charge in [-0.3, -0.25) is 0 Å². The highest BCUT2D eigenvalue weighted by Gasteiger charge is 2.27. The van der Waals surface area contributed by atoms with Gasteiger partial charge in [-0.25, -0.2) is 8.78 Å². The lowest BCUT2D eigenvalue weighted by molar-refractivity contribution is 0.311. The summed E-state index contributed by atoms with van der Waals surface area (Å²) in [5.41, 5.74) is 9.48. The molecule has 3 N–H and O–H groups in total. The zero-order valence-electron chi connectivity index (χ0n) is 22.1. The number of nitrogens with one attached hydrogen (secondary N) is 1. The van der Waals surface area contributed by atoms with E-state index in [4.69, 9.17) is 20.3 Å². The Balaban J connectivity index is 0.000000306. The van der Waals surface area contributed by atoms with Crippen LogP contribution in [-0.4, -0.2) is 47.1 Å². The van der Waals surface area contributed by atoms with E-state index in [1.54, 1.807) is 35.9 Å². The first kappa shape index (κ1) is 26.8. The minimum Gasteiger partial charge on any atom is -0.497 e. The first-order valence-electron chi connectivity index (χ1n) is 12.7. The number of hydrogen-bond acceptors (Lipinski definition) is 8. The summed E-state index contributed by atoms with van der Waals surface area (Å²) in [6.45, 7) is 2.22. The average Bonchev–Trinajstić information content (AvgIpc) is 3.41. The van der Waals surface area contributed by atoms with E-state index < -0.39 is 0 Å². The fourth-order valence-electron chi connectivity index (χ4n) is 4.20. The van der Waals surface area contributed by atoms with Crippen molar-refractivity contribution in [2.24, 2.45) is 5.73 Å². The van der Waals surface area contributed by atoms with Crippen LogP contribution in [0.5, 0.6) is 11.5 Å². The standard InChI is InChI=1S/C22H21FN6O2.C7H8FN/c1-28-11-12-31-19-18(28)22-26-25-21(15-5-9-17(30-2)10-6-15)29(22)27-20(19)24-13-14-3-7-16(23)8-4-14;8-7-3-1-6(5-9)2-4-7/h3-10H,11-13H2,1-2H3,(H,24,27);1-4H,5,9H2. The van der Waals surface area contributed by atoms with Crippen molar-refractivity contribution in [3.8, 4) is 22.9 Å². The lowest BCUT2D eigenvalue weighted by Crippen LogP contribution is -2.30. The fourth-order valence-corrected chi connectivity index (χ4v) is 4.20. The maximum atomic E-state index is 13.2. The second-order valence-corrected chi connectivity index (χ2v) is 9.09. The molecule has 0 amide bonds. The molecule has 0 aliphatic carbocycles. The van der Waals surface area contributed by atoms with Crippen LogP contribution in [0.1, 0.15) is 11.1 Å². The zero-order chi connectivity index (χ0) is 28.1. The van der Waals surface area contributed by atoms with E-state index in [9.17, 15) is 8.78 Å². The molecule has 0 saturated heterocycles. The molecule has 9 nitrogen and oxygen atoms in total. The largest absolute Gasteiger partial charge is 0.497 e. The first-order chi connectivity index (χ1) is 19.5. The number of anilines is 2. The van der Waals surface area contributed by atoms with Crippen LogP contribution in [0.25, 0.3) is 17.0 Å². The number of nitrogens with zero attached hydrogens (tertiary/aromatic N) is 5. The number of fused-ring (bicyclic) bond motifs is 3. The minimum absolute atomic E-state index is 0.216. The molecular formula is C29H29F2N7O2. The molecule has 1 aliphatic heterocycles. The molecule has 0 bridgehead atoms. The fraction of sp³-hybridized carbons (Fsp3) is 0.207. The highest BCUT2D eigenvalue weighted by Crippen LogP contribution is 2.40. The van der Waals surface area contributed by atoms with Crippen LogP contribution in [0.4, 0.5) is 20.3 Å². The monoisotopic (exact) mass is 545 g/mol. The molecule has 0 fully saturated rings. The third-order valence-corrected chi connectivity index (χ3v) is 6.41. The van der Waals surface area contributed by atoms with Crippen LogP contribution < -0.4 is 25.4 Å². The summed E-state index contributed by atoms with van der Waals surface area (Å²) in [6, 6.07) is 20.1. The van der Waals surface area contributed by atoms with Gasteiger partial charge < -0.3 is 25.4 Å². The minimum atomic E-state index is -0.265. The molecular weight excluding hydrogens is 516 g/mol. The third kappa shape index (κ3) is 5.79. The van der Waals surface area contributed by atoms with E-state index in [2.05, 4.69) is 20.4 Å². The van der Waals surface area contributed by atoms with E-state index in [-0.39, 0.29) is 11.6 Å². The van der Waals surface area contributed by atoms with Gasteiger partial charge in [-0.2, -0.15) is 4.52 Å². The zero-order valence-corrected chi connectivity index (χ0v) is 22.1. The molecule has 0 radical (unpaired) electrons. The number of aromatic nitrogens is 4. The number of ether oxygens (including phenoxy) is 2. The molecule has 6 rings (SSSR count). The Kier molecular flexibility index (Phi) is 8.02. The number of methoxy groups -OCH3 is 1. The topological polar surface area (TPSA) is 103 Å². The Morgan fingerprint density at radius 3 is 2.20 bits per heavy atom. The summed E-state index contributed by atoms with van der Waals surface area (Å²) in [5.74, 6) is 2.11. The van der Waals surface area contributed by atoms with Crippen molar-refractivity contribution in [1.82, 2.24) is 19.8 Å². The van der Waals surface area contributed by atoms with E-state index in [1.807, 2.05) is 31.3 Å². The second-order valence-electron chi connectivity index (χ2n) is 9.09. The van der Waals surface area contributed by atoms with Crippen LogP contribution >= 0.6 is 0 Å². The summed E-state index contributed by atoms with van der Waals surface area (Å²) in [6.07, 6.45) is 0. The highest BCUT2D eigenvalue weighted by atomic mass is 19.1. The number of hydrogen-bond donors (Lipinski definition) is 2. The molecule has 40 heavy (non-hydrogen) atoms. The molecule has 0 spiro atoms. The summed E-state index contributed by atoms with van der Waals surface area (Å²) in [5, 5.41) is 16.9. The molecule has 0 unspecified atom stereocenters. The highest BCUT2D eigenvalue weighted by molar-refractivity contribution is 5.83. The van der Waals surface area contributed by atoms with Crippen molar-refractivity contribution >= 4 is 17.2 Å². The predicted molar refractivity (Wildman–Crippen MR) is 150 cm³/mol. The molecule has 3 aromatic carbocycles. The van der Waals surface area contributed by atoms with Crippen LogP contribution in [0.2, 0.25) is 0 Å². The molecule has 1 aliphatic rings. The first-order valence-corrected chi connectivity index (χ1v) is 12.7. The average molecular weight is 546 g/mol. The van der Waals surface area contributed by atoms with Crippen molar-refractivity contribution in [1.29, 1.82) is 0 Å². The number of nitrogens with two attached hydrogens (primary N) is 1. The smallest absolute Gasteiger partial charge is 0.205 e. The van der Waals surface area contributed by atoms with Gasteiger partial charge in [-0.15, -0.1) is 15.3 Å². The molecule has 3 heterocycles. The van der Waals surface area contributed by atoms with Crippen molar-refractivity contribution in [2.45, 2.75) is 13.1 Å². The number of rotatable bonds is 6. The van der Waals surface area contributed by atoms with Crippen LogP contribution in [-0.2, 0) is 13.1 Å². The van der Waals surface area contributed by atoms with Crippen molar-refractivity contribution in [3.63, 3.8) is 0 Å². The van der Waals surface area contributed by atoms with E-state index in [0.29, 0.717) is 42.7 Å². The van der Waals surface area contributed by atoms with Gasteiger partial charge in [0.2, 0.25) is 5.65 Å². The molecule has 5 aromatic rings. The second kappa shape index (κ2) is 12.0. The maximum absolute atomic E-state index is 13.2. The summed E-state index contributed by atoms with van der Waals surface area (Å²) < 4.78 is 38.3. The van der Waals surface area contributed by atoms with Gasteiger partial charge in [0.25, 0.3) is 0 Å². The molecule has 11 heteroatoms. The van der Waals surface area contributed by atoms with Gasteiger partial charge in [0.15, 0.2) is 17.4 Å². The molecule has 206 valence electrons. The third-order valence-electron chi connectivity index (χ3n) is 6.41. The van der Waals surface area contributed by atoms with E-state index in [1.165, 1.54) is 24.3 Å². The van der Waals surface area contributed by atoms with Crippen LogP contribution in [0.3, 0.4) is 0 Å². The Hall–Kier alpha value is -4.77. The Morgan fingerprint density at radius 2 is 1.57 bits per heavy atom. The number of benzene rings is 3. The van der Waals surface area contributed by atoms with E-state index >= 15 is 0 Å². The molecule has 0 atom stereocenters. The number of likely N-dealkylation sites (N-methyl/N-ethyl adjacent to an activating group) is 1. The van der Waals surface area contributed by atoms with E-state index in [0.717, 1.165) is 34.7 Å². The van der Waals surface area contributed by atoms with Crippen molar-refractivity contribution in [2.75, 3.05) is 37.5 Å². The maximum Gasteiger partial charge on any atom is 0.205 e.